The monoisotopic (exact) mass is 183 g/mol. The van der Waals surface area contributed by atoms with Gasteiger partial charge < -0.3 is 5.73 Å². The van der Waals surface area contributed by atoms with Gasteiger partial charge in [-0.05, 0) is 32.1 Å². The third kappa shape index (κ3) is 4.12. The molecule has 1 aliphatic carbocycles. The Bertz CT molecular complexity index is 138. The Morgan fingerprint density at radius 1 is 1.08 bits per heavy atom. The zero-order valence-corrected chi connectivity index (χ0v) is 9.47. The first-order valence-corrected chi connectivity index (χ1v) is 5.80. The molecule has 0 radical (unpaired) electrons. The van der Waals surface area contributed by atoms with E-state index < -0.39 is 0 Å². The second kappa shape index (κ2) is 4.45. The van der Waals surface area contributed by atoms with Crippen LogP contribution >= 0.6 is 0 Å². The van der Waals surface area contributed by atoms with E-state index in [0.29, 0.717) is 0 Å². The van der Waals surface area contributed by atoms with Crippen molar-refractivity contribution in [1.82, 2.24) is 0 Å². The molecule has 0 aromatic carbocycles. The number of hydrogen-bond acceptors (Lipinski definition) is 1. The summed E-state index contributed by atoms with van der Waals surface area (Å²) in [5.41, 5.74) is 6.08. The van der Waals surface area contributed by atoms with E-state index >= 15 is 0 Å². The molecular weight excluding hydrogens is 158 g/mol. The van der Waals surface area contributed by atoms with Gasteiger partial charge in [0, 0.05) is 5.54 Å². The van der Waals surface area contributed by atoms with E-state index in [-0.39, 0.29) is 5.54 Å². The van der Waals surface area contributed by atoms with E-state index in [1.165, 1.54) is 38.5 Å². The maximum absolute atomic E-state index is 6.03. The fourth-order valence-electron chi connectivity index (χ4n) is 2.59. The van der Waals surface area contributed by atoms with Crippen LogP contribution < -0.4 is 5.73 Å². The normalized spacial score (nSPS) is 30.5. The van der Waals surface area contributed by atoms with Gasteiger partial charge in [0.05, 0.1) is 0 Å². The Labute approximate surface area is 83.1 Å². The quantitative estimate of drug-likeness (QED) is 0.713. The first-order chi connectivity index (χ1) is 6.01. The summed E-state index contributed by atoms with van der Waals surface area (Å²) in [6.07, 6.45) is 8.30. The van der Waals surface area contributed by atoms with E-state index in [1.807, 2.05) is 0 Å². The molecule has 0 aromatic heterocycles. The minimum atomic E-state index is 0.0454. The molecule has 0 bridgehead atoms. The first kappa shape index (κ1) is 11.0. The molecular formula is C12H25N. The fourth-order valence-corrected chi connectivity index (χ4v) is 2.59. The molecule has 1 aliphatic rings. The number of rotatable bonds is 3. The average Bonchev–Trinajstić information content (AvgIpc) is 2.03. The van der Waals surface area contributed by atoms with Gasteiger partial charge in [-0.15, -0.1) is 0 Å². The smallest absolute Gasteiger partial charge is 0.00996 e. The molecule has 0 aliphatic heterocycles. The summed E-state index contributed by atoms with van der Waals surface area (Å²) in [5.74, 6) is 1.92. The molecule has 1 nitrogen and oxygen atoms in total. The zero-order valence-electron chi connectivity index (χ0n) is 9.47. The van der Waals surface area contributed by atoms with Crippen LogP contribution in [0.1, 0.15) is 59.3 Å². The van der Waals surface area contributed by atoms with Crippen molar-refractivity contribution in [3.63, 3.8) is 0 Å². The largest absolute Gasteiger partial charge is 0.326 e. The molecule has 1 fully saturated rings. The van der Waals surface area contributed by atoms with Crippen molar-refractivity contribution in [2.24, 2.45) is 17.6 Å². The molecule has 1 rings (SSSR count). The zero-order chi connectivity index (χ0) is 9.90. The standard InChI is InChI=1S/C12H25N/c1-4-10-5-7-11(8-6-10)9-12(2,3)13/h10-11H,4-9,13H2,1-3H3. The maximum Gasteiger partial charge on any atom is 0.00996 e. The molecule has 13 heavy (non-hydrogen) atoms. The van der Waals surface area contributed by atoms with Crippen molar-refractivity contribution < 1.29 is 0 Å². The van der Waals surface area contributed by atoms with Gasteiger partial charge >= 0.3 is 0 Å². The molecule has 1 saturated carbocycles. The van der Waals surface area contributed by atoms with Gasteiger partial charge in [-0.3, -0.25) is 0 Å². The summed E-state index contributed by atoms with van der Waals surface area (Å²) >= 11 is 0. The van der Waals surface area contributed by atoms with Crippen molar-refractivity contribution in [2.45, 2.75) is 64.8 Å². The highest BCUT2D eigenvalue weighted by Crippen LogP contribution is 2.34. The van der Waals surface area contributed by atoms with Gasteiger partial charge in [0.1, 0.15) is 0 Å². The second-order valence-corrected chi connectivity index (χ2v) is 5.49. The lowest BCUT2D eigenvalue weighted by Gasteiger charge is -2.32. The van der Waals surface area contributed by atoms with E-state index in [2.05, 4.69) is 20.8 Å². The van der Waals surface area contributed by atoms with Gasteiger partial charge in [0.25, 0.3) is 0 Å². The summed E-state index contributed by atoms with van der Waals surface area (Å²) in [7, 11) is 0. The van der Waals surface area contributed by atoms with Crippen molar-refractivity contribution in [3.8, 4) is 0 Å². The van der Waals surface area contributed by atoms with Crippen LogP contribution in [0.3, 0.4) is 0 Å². The Balaban J connectivity index is 2.25. The van der Waals surface area contributed by atoms with Crippen molar-refractivity contribution in [1.29, 1.82) is 0 Å². The number of nitrogens with two attached hydrogens (primary N) is 1. The van der Waals surface area contributed by atoms with Crippen molar-refractivity contribution >= 4 is 0 Å². The van der Waals surface area contributed by atoms with Crippen molar-refractivity contribution in [3.05, 3.63) is 0 Å². The van der Waals surface area contributed by atoms with Gasteiger partial charge in [0.15, 0.2) is 0 Å². The van der Waals surface area contributed by atoms with Crippen LogP contribution in [0.5, 0.6) is 0 Å². The van der Waals surface area contributed by atoms with Gasteiger partial charge in [-0.1, -0.05) is 39.0 Å². The van der Waals surface area contributed by atoms with Crippen LogP contribution in [0.15, 0.2) is 0 Å². The van der Waals surface area contributed by atoms with Crippen LogP contribution in [-0.2, 0) is 0 Å². The van der Waals surface area contributed by atoms with E-state index in [9.17, 15) is 0 Å². The Morgan fingerprint density at radius 3 is 1.92 bits per heavy atom. The van der Waals surface area contributed by atoms with E-state index in [1.54, 1.807) is 0 Å². The van der Waals surface area contributed by atoms with Gasteiger partial charge in [-0.2, -0.15) is 0 Å². The molecule has 0 amide bonds. The number of hydrogen-bond donors (Lipinski definition) is 1. The molecule has 2 N–H and O–H groups in total. The van der Waals surface area contributed by atoms with E-state index in [4.69, 9.17) is 5.73 Å². The highest BCUT2D eigenvalue weighted by Gasteiger charge is 2.24. The summed E-state index contributed by atoms with van der Waals surface area (Å²) in [6, 6.07) is 0. The molecule has 0 heterocycles. The SMILES string of the molecule is CCC1CCC(CC(C)(C)N)CC1. The fraction of sp³-hybridized carbons (Fsp3) is 1.00. The van der Waals surface area contributed by atoms with Gasteiger partial charge in [-0.25, -0.2) is 0 Å². The third-order valence-electron chi connectivity index (χ3n) is 3.36. The maximum atomic E-state index is 6.03. The highest BCUT2D eigenvalue weighted by molar-refractivity contribution is 4.80. The Kier molecular flexibility index (Phi) is 3.78. The molecule has 0 aromatic rings. The topological polar surface area (TPSA) is 26.0 Å². The minimum Gasteiger partial charge on any atom is -0.326 e. The second-order valence-electron chi connectivity index (χ2n) is 5.49. The lowest BCUT2D eigenvalue weighted by Crippen LogP contribution is -2.35. The molecule has 0 atom stereocenters. The van der Waals surface area contributed by atoms with Gasteiger partial charge in [0.2, 0.25) is 0 Å². The average molecular weight is 183 g/mol. The van der Waals surface area contributed by atoms with Crippen LogP contribution in [0.4, 0.5) is 0 Å². The minimum absolute atomic E-state index is 0.0454. The Morgan fingerprint density at radius 2 is 1.54 bits per heavy atom. The van der Waals surface area contributed by atoms with Crippen molar-refractivity contribution in [2.75, 3.05) is 0 Å². The highest BCUT2D eigenvalue weighted by atomic mass is 14.7. The van der Waals surface area contributed by atoms with Crippen LogP contribution in [-0.4, -0.2) is 5.54 Å². The first-order valence-electron chi connectivity index (χ1n) is 5.80. The Hall–Kier alpha value is -0.0400. The molecule has 0 saturated heterocycles. The summed E-state index contributed by atoms with van der Waals surface area (Å²) < 4.78 is 0. The third-order valence-corrected chi connectivity index (χ3v) is 3.36. The van der Waals surface area contributed by atoms with E-state index in [0.717, 1.165) is 11.8 Å². The summed E-state index contributed by atoms with van der Waals surface area (Å²) in [6.45, 7) is 6.62. The molecule has 1 heteroatoms. The predicted molar refractivity (Wildman–Crippen MR) is 58.6 cm³/mol. The predicted octanol–water partition coefficient (Wildman–Crippen LogP) is 3.33. The molecule has 0 unspecified atom stereocenters. The summed E-state index contributed by atoms with van der Waals surface area (Å²) in [4.78, 5) is 0. The van der Waals surface area contributed by atoms with Crippen LogP contribution in [0, 0.1) is 11.8 Å². The van der Waals surface area contributed by atoms with Crippen LogP contribution in [0.2, 0.25) is 0 Å². The lowest BCUT2D eigenvalue weighted by atomic mass is 9.76. The molecule has 0 spiro atoms. The summed E-state index contributed by atoms with van der Waals surface area (Å²) in [5, 5.41) is 0. The molecule has 78 valence electrons. The lowest BCUT2D eigenvalue weighted by molar-refractivity contribution is 0.228. The van der Waals surface area contributed by atoms with Crippen LogP contribution in [0.25, 0.3) is 0 Å².